The van der Waals surface area contributed by atoms with Gasteiger partial charge in [0.25, 0.3) is 5.56 Å². The third-order valence-electron chi connectivity index (χ3n) is 3.15. The van der Waals surface area contributed by atoms with Gasteiger partial charge in [0, 0.05) is 13.6 Å². The van der Waals surface area contributed by atoms with Crippen molar-refractivity contribution in [2.24, 2.45) is 7.05 Å². The summed E-state index contributed by atoms with van der Waals surface area (Å²) in [7, 11) is 1.63. The number of rotatable bonds is 5. The lowest BCUT2D eigenvalue weighted by molar-refractivity contribution is 0.539. The van der Waals surface area contributed by atoms with E-state index in [9.17, 15) is 9.59 Å². The van der Waals surface area contributed by atoms with Gasteiger partial charge in [-0.1, -0.05) is 26.2 Å². The lowest BCUT2D eigenvalue weighted by Gasteiger charge is -2.07. The standard InChI is InChI=1S/C12H18N4O2/c1-3-4-5-6-7-16-11(17)9-10(14-8-13-9)15(2)12(16)18/h8H,3-7H2,1-2H3,(H,13,14). The number of aromatic nitrogens is 4. The maximum atomic E-state index is 12.1. The van der Waals surface area contributed by atoms with Crippen LogP contribution in [-0.2, 0) is 13.6 Å². The van der Waals surface area contributed by atoms with Gasteiger partial charge < -0.3 is 4.98 Å². The molecule has 2 aromatic rings. The predicted octanol–water partition coefficient (Wildman–Crippen LogP) is 1.00. The van der Waals surface area contributed by atoms with Crippen LogP contribution in [0, 0.1) is 0 Å². The summed E-state index contributed by atoms with van der Waals surface area (Å²) in [6.45, 7) is 2.60. The number of nitrogens with one attached hydrogen (secondary N) is 1. The molecule has 0 spiro atoms. The molecule has 2 heterocycles. The number of H-pyrrole nitrogens is 1. The second kappa shape index (κ2) is 5.20. The molecule has 18 heavy (non-hydrogen) atoms. The van der Waals surface area contributed by atoms with Crippen molar-refractivity contribution in [3.05, 3.63) is 27.2 Å². The van der Waals surface area contributed by atoms with E-state index in [1.165, 1.54) is 15.5 Å². The average molecular weight is 250 g/mol. The zero-order valence-electron chi connectivity index (χ0n) is 10.8. The van der Waals surface area contributed by atoms with E-state index < -0.39 is 0 Å². The molecule has 98 valence electrons. The summed E-state index contributed by atoms with van der Waals surface area (Å²) in [5.74, 6) is 0. The average Bonchev–Trinajstić information content (AvgIpc) is 2.85. The molecule has 0 aliphatic rings. The van der Waals surface area contributed by atoms with E-state index in [-0.39, 0.29) is 11.2 Å². The maximum absolute atomic E-state index is 12.1. The van der Waals surface area contributed by atoms with Gasteiger partial charge in [-0.3, -0.25) is 13.9 Å². The van der Waals surface area contributed by atoms with Gasteiger partial charge in [-0.15, -0.1) is 0 Å². The smallest absolute Gasteiger partial charge is 0.332 e. The number of aromatic amines is 1. The largest absolute Gasteiger partial charge is 0.339 e. The molecule has 0 aliphatic heterocycles. The van der Waals surface area contributed by atoms with Crippen LogP contribution in [0.2, 0.25) is 0 Å². The molecule has 0 aliphatic carbocycles. The molecule has 0 bridgehead atoms. The third kappa shape index (κ3) is 2.10. The molecule has 0 saturated heterocycles. The number of hydrogen-bond donors (Lipinski definition) is 1. The van der Waals surface area contributed by atoms with Crippen LogP contribution >= 0.6 is 0 Å². The van der Waals surface area contributed by atoms with Crippen LogP contribution in [0.4, 0.5) is 0 Å². The van der Waals surface area contributed by atoms with E-state index in [2.05, 4.69) is 16.9 Å². The zero-order valence-corrected chi connectivity index (χ0v) is 10.8. The summed E-state index contributed by atoms with van der Waals surface area (Å²) < 4.78 is 2.70. The lowest BCUT2D eigenvalue weighted by Crippen LogP contribution is -2.39. The Balaban J connectivity index is 2.38. The van der Waals surface area contributed by atoms with Gasteiger partial charge in [0.2, 0.25) is 0 Å². The molecular weight excluding hydrogens is 232 g/mol. The number of hydrogen-bond acceptors (Lipinski definition) is 3. The van der Waals surface area contributed by atoms with Crippen molar-refractivity contribution in [2.45, 2.75) is 39.2 Å². The number of imidazole rings is 1. The molecule has 0 unspecified atom stereocenters. The predicted molar refractivity (Wildman–Crippen MR) is 69.7 cm³/mol. The summed E-state index contributed by atoms with van der Waals surface area (Å²) in [5, 5.41) is 0. The first kappa shape index (κ1) is 12.6. The van der Waals surface area contributed by atoms with E-state index in [1.807, 2.05) is 0 Å². The van der Waals surface area contributed by atoms with Crippen molar-refractivity contribution in [1.29, 1.82) is 0 Å². The van der Waals surface area contributed by atoms with Crippen molar-refractivity contribution in [2.75, 3.05) is 0 Å². The van der Waals surface area contributed by atoms with E-state index in [0.29, 0.717) is 17.7 Å². The summed E-state index contributed by atoms with van der Waals surface area (Å²) in [4.78, 5) is 30.9. The highest BCUT2D eigenvalue weighted by molar-refractivity contribution is 5.68. The molecule has 0 aromatic carbocycles. The Bertz CT molecular complexity index is 650. The second-order valence-corrected chi connectivity index (χ2v) is 4.46. The molecule has 2 rings (SSSR count). The number of unbranched alkanes of at least 4 members (excludes halogenated alkanes) is 3. The van der Waals surface area contributed by atoms with Crippen LogP contribution in [0.1, 0.15) is 32.6 Å². The Morgan fingerprint density at radius 3 is 2.78 bits per heavy atom. The molecule has 0 atom stereocenters. The first-order valence-electron chi connectivity index (χ1n) is 6.29. The van der Waals surface area contributed by atoms with Crippen LogP contribution in [0.15, 0.2) is 15.9 Å². The molecule has 0 fully saturated rings. The van der Waals surface area contributed by atoms with Gasteiger partial charge in [0.1, 0.15) is 5.52 Å². The summed E-state index contributed by atoms with van der Waals surface area (Å²) in [6, 6.07) is 0. The van der Waals surface area contributed by atoms with Crippen molar-refractivity contribution in [3.63, 3.8) is 0 Å². The van der Waals surface area contributed by atoms with Crippen molar-refractivity contribution < 1.29 is 0 Å². The monoisotopic (exact) mass is 250 g/mol. The summed E-state index contributed by atoms with van der Waals surface area (Å²) in [6.07, 6.45) is 5.58. The van der Waals surface area contributed by atoms with Crippen LogP contribution in [0.3, 0.4) is 0 Å². The van der Waals surface area contributed by atoms with Gasteiger partial charge in [-0.2, -0.15) is 0 Å². The van der Waals surface area contributed by atoms with Gasteiger partial charge in [-0.25, -0.2) is 9.78 Å². The van der Waals surface area contributed by atoms with Crippen molar-refractivity contribution in [3.8, 4) is 0 Å². The summed E-state index contributed by atoms with van der Waals surface area (Å²) >= 11 is 0. The molecule has 6 nitrogen and oxygen atoms in total. The number of fused-ring (bicyclic) bond motifs is 1. The highest BCUT2D eigenvalue weighted by Gasteiger charge is 2.11. The van der Waals surface area contributed by atoms with Gasteiger partial charge in [0.15, 0.2) is 5.65 Å². The fourth-order valence-corrected chi connectivity index (χ4v) is 2.09. The normalized spacial score (nSPS) is 11.2. The SMILES string of the molecule is CCCCCCn1c(=O)c2[nH]cnc2n(C)c1=O. The van der Waals surface area contributed by atoms with E-state index in [4.69, 9.17) is 0 Å². The minimum Gasteiger partial charge on any atom is -0.339 e. The Morgan fingerprint density at radius 2 is 2.06 bits per heavy atom. The van der Waals surface area contributed by atoms with Gasteiger partial charge in [-0.05, 0) is 6.42 Å². The first-order chi connectivity index (χ1) is 8.66. The fourth-order valence-electron chi connectivity index (χ4n) is 2.09. The quantitative estimate of drug-likeness (QED) is 0.805. The molecule has 6 heteroatoms. The maximum Gasteiger partial charge on any atom is 0.332 e. The Labute approximate surface area is 104 Å². The topological polar surface area (TPSA) is 72.7 Å². The molecule has 0 radical (unpaired) electrons. The van der Waals surface area contributed by atoms with E-state index in [1.54, 1.807) is 7.05 Å². The minimum atomic E-state index is -0.295. The molecule has 0 amide bonds. The van der Waals surface area contributed by atoms with Crippen LogP contribution in [0.5, 0.6) is 0 Å². The first-order valence-corrected chi connectivity index (χ1v) is 6.29. The summed E-state index contributed by atoms with van der Waals surface area (Å²) in [5.41, 5.74) is 0.237. The van der Waals surface area contributed by atoms with E-state index in [0.717, 1.165) is 25.7 Å². The van der Waals surface area contributed by atoms with E-state index >= 15 is 0 Å². The zero-order chi connectivity index (χ0) is 13.1. The fraction of sp³-hybridized carbons (Fsp3) is 0.583. The van der Waals surface area contributed by atoms with Crippen LogP contribution in [-0.4, -0.2) is 19.1 Å². The Morgan fingerprint density at radius 1 is 1.28 bits per heavy atom. The highest BCUT2D eigenvalue weighted by atomic mass is 16.2. The number of nitrogens with zero attached hydrogens (tertiary/aromatic N) is 3. The molecule has 0 saturated carbocycles. The van der Waals surface area contributed by atoms with Crippen molar-refractivity contribution in [1.82, 2.24) is 19.1 Å². The number of aryl methyl sites for hydroxylation is 1. The molecular formula is C12H18N4O2. The minimum absolute atomic E-state index is 0.276. The lowest BCUT2D eigenvalue weighted by atomic mass is 10.2. The highest BCUT2D eigenvalue weighted by Crippen LogP contribution is 2.02. The Kier molecular flexibility index (Phi) is 3.64. The van der Waals surface area contributed by atoms with Crippen LogP contribution < -0.4 is 11.2 Å². The second-order valence-electron chi connectivity index (χ2n) is 4.46. The van der Waals surface area contributed by atoms with Crippen molar-refractivity contribution >= 4 is 11.2 Å². The Hall–Kier alpha value is -1.85. The molecule has 2 aromatic heterocycles. The third-order valence-corrected chi connectivity index (χ3v) is 3.15. The molecule has 1 N–H and O–H groups in total. The van der Waals surface area contributed by atoms with Gasteiger partial charge in [0.05, 0.1) is 6.33 Å². The van der Waals surface area contributed by atoms with Gasteiger partial charge >= 0.3 is 5.69 Å². The van der Waals surface area contributed by atoms with Crippen LogP contribution in [0.25, 0.3) is 11.2 Å².